The standard InChI is InChI=1S/C29H23F4NO5/c1-37-27-15-22-25(16-28(27)38-2)34-10-9-26(22)39-21-8-7-18(24(30)14-21)12-20(36)13-19(35)11-17-5-3-4-6-23(17)29(31,32)33/h3-10,14-16H,11-13H2,1-2H3. The van der Waals surface area contributed by atoms with Gasteiger partial charge in [0.05, 0.1) is 31.7 Å². The van der Waals surface area contributed by atoms with E-state index in [0.29, 0.717) is 28.2 Å². The van der Waals surface area contributed by atoms with Crippen LogP contribution in [0.25, 0.3) is 10.9 Å². The van der Waals surface area contributed by atoms with Crippen molar-refractivity contribution >= 4 is 22.5 Å². The molecule has 6 nitrogen and oxygen atoms in total. The van der Waals surface area contributed by atoms with Gasteiger partial charge in [0.2, 0.25) is 0 Å². The fraction of sp³-hybridized carbons (Fsp3) is 0.207. The molecule has 0 aliphatic rings. The molecule has 4 aromatic rings. The van der Waals surface area contributed by atoms with Crippen molar-refractivity contribution in [2.75, 3.05) is 14.2 Å². The zero-order valence-electron chi connectivity index (χ0n) is 21.0. The van der Waals surface area contributed by atoms with Crippen molar-refractivity contribution in [3.63, 3.8) is 0 Å². The molecule has 0 fully saturated rings. The summed E-state index contributed by atoms with van der Waals surface area (Å²) >= 11 is 0. The molecule has 39 heavy (non-hydrogen) atoms. The van der Waals surface area contributed by atoms with Crippen LogP contribution in [-0.2, 0) is 28.6 Å². The number of methoxy groups -OCH3 is 2. The first-order chi connectivity index (χ1) is 18.6. The van der Waals surface area contributed by atoms with Crippen molar-refractivity contribution in [3.8, 4) is 23.0 Å². The maximum atomic E-state index is 14.8. The number of hydrogen-bond acceptors (Lipinski definition) is 6. The van der Waals surface area contributed by atoms with Crippen molar-refractivity contribution in [2.45, 2.75) is 25.4 Å². The number of carbonyl (C=O) groups excluding carboxylic acids is 2. The number of Topliss-reactive ketones (excluding diaryl/α,β-unsaturated/α-hetero) is 2. The first kappa shape index (κ1) is 27.6. The topological polar surface area (TPSA) is 74.7 Å². The lowest BCUT2D eigenvalue weighted by molar-refractivity contribution is -0.138. The number of nitrogens with zero attached hydrogens (tertiary/aromatic N) is 1. The summed E-state index contributed by atoms with van der Waals surface area (Å²) in [6.45, 7) is 0. The molecule has 0 saturated carbocycles. The fourth-order valence-corrected chi connectivity index (χ4v) is 4.12. The van der Waals surface area contributed by atoms with E-state index in [1.54, 1.807) is 18.2 Å². The summed E-state index contributed by atoms with van der Waals surface area (Å²) in [4.78, 5) is 29.0. The van der Waals surface area contributed by atoms with E-state index in [-0.39, 0.29) is 16.9 Å². The SMILES string of the molecule is COc1cc2nccc(Oc3ccc(CC(=O)CC(=O)Cc4ccccc4C(F)(F)F)c(F)c3)c2cc1OC. The van der Waals surface area contributed by atoms with Crippen LogP contribution in [0.2, 0.25) is 0 Å². The number of fused-ring (bicyclic) bond motifs is 1. The number of ketones is 2. The van der Waals surface area contributed by atoms with Gasteiger partial charge in [-0.3, -0.25) is 14.6 Å². The van der Waals surface area contributed by atoms with Gasteiger partial charge < -0.3 is 14.2 Å². The smallest absolute Gasteiger partial charge is 0.416 e. The Hall–Kier alpha value is -4.47. The van der Waals surface area contributed by atoms with E-state index in [1.165, 1.54) is 50.7 Å². The van der Waals surface area contributed by atoms with Gasteiger partial charge in [0.15, 0.2) is 11.5 Å². The van der Waals surface area contributed by atoms with Crippen LogP contribution < -0.4 is 14.2 Å². The second-order valence-electron chi connectivity index (χ2n) is 8.65. The minimum atomic E-state index is -4.62. The highest BCUT2D eigenvalue weighted by atomic mass is 19.4. The number of ether oxygens (including phenoxy) is 3. The average molecular weight is 541 g/mol. The number of aromatic nitrogens is 1. The van der Waals surface area contributed by atoms with Crippen molar-refractivity contribution in [1.29, 1.82) is 0 Å². The molecule has 0 aliphatic heterocycles. The van der Waals surface area contributed by atoms with E-state index >= 15 is 0 Å². The maximum Gasteiger partial charge on any atom is 0.416 e. The Morgan fingerprint density at radius 3 is 2.15 bits per heavy atom. The van der Waals surface area contributed by atoms with Crippen LogP contribution in [0.5, 0.6) is 23.0 Å². The van der Waals surface area contributed by atoms with E-state index in [1.807, 2.05) is 0 Å². The van der Waals surface area contributed by atoms with E-state index in [0.717, 1.165) is 12.1 Å². The molecule has 0 radical (unpaired) electrons. The van der Waals surface area contributed by atoms with Gasteiger partial charge in [-0.05, 0) is 35.4 Å². The molecule has 1 heterocycles. The van der Waals surface area contributed by atoms with Crippen LogP contribution in [0.1, 0.15) is 23.1 Å². The molecule has 0 aliphatic carbocycles. The fourth-order valence-electron chi connectivity index (χ4n) is 4.12. The third kappa shape index (κ3) is 6.51. The van der Waals surface area contributed by atoms with E-state index < -0.39 is 48.4 Å². The van der Waals surface area contributed by atoms with Crippen LogP contribution in [0.15, 0.2) is 66.9 Å². The molecule has 0 unspecified atom stereocenters. The molecule has 0 spiro atoms. The summed E-state index contributed by atoms with van der Waals surface area (Å²) < 4.78 is 70.8. The van der Waals surface area contributed by atoms with Crippen molar-refractivity contribution in [3.05, 3.63) is 89.4 Å². The van der Waals surface area contributed by atoms with Crippen LogP contribution in [0.4, 0.5) is 17.6 Å². The number of halogens is 4. The lowest BCUT2D eigenvalue weighted by Gasteiger charge is -2.13. The average Bonchev–Trinajstić information content (AvgIpc) is 2.89. The number of alkyl halides is 3. The molecular formula is C29H23F4NO5. The Balaban J connectivity index is 1.44. The van der Waals surface area contributed by atoms with Crippen LogP contribution >= 0.6 is 0 Å². The zero-order valence-corrected chi connectivity index (χ0v) is 21.0. The molecule has 10 heteroatoms. The highest BCUT2D eigenvalue weighted by Crippen LogP contribution is 2.37. The molecule has 0 saturated heterocycles. The first-order valence-electron chi connectivity index (χ1n) is 11.7. The van der Waals surface area contributed by atoms with Crippen molar-refractivity contribution in [2.24, 2.45) is 0 Å². The molecule has 0 amide bonds. The number of pyridine rings is 1. The molecule has 0 atom stereocenters. The lowest BCUT2D eigenvalue weighted by atomic mass is 9.98. The van der Waals surface area contributed by atoms with Crippen molar-refractivity contribution in [1.82, 2.24) is 4.98 Å². The largest absolute Gasteiger partial charge is 0.493 e. The molecule has 0 N–H and O–H groups in total. The Kier molecular flexibility index (Phi) is 8.13. The van der Waals surface area contributed by atoms with E-state index in [4.69, 9.17) is 14.2 Å². The lowest BCUT2D eigenvalue weighted by Crippen LogP contribution is -2.16. The number of rotatable bonds is 10. The third-order valence-electron chi connectivity index (χ3n) is 5.95. The van der Waals surface area contributed by atoms with Gasteiger partial charge in [0, 0.05) is 36.6 Å². The first-order valence-corrected chi connectivity index (χ1v) is 11.7. The minimum Gasteiger partial charge on any atom is -0.493 e. The van der Waals surface area contributed by atoms with Gasteiger partial charge in [-0.25, -0.2) is 4.39 Å². The summed E-state index contributed by atoms with van der Waals surface area (Å²) in [5, 5.41) is 0.598. The molecule has 0 bridgehead atoms. The Morgan fingerprint density at radius 2 is 1.49 bits per heavy atom. The zero-order chi connectivity index (χ0) is 28.2. The van der Waals surface area contributed by atoms with Crippen molar-refractivity contribution < 1.29 is 41.4 Å². The Morgan fingerprint density at radius 1 is 0.821 bits per heavy atom. The second kappa shape index (κ2) is 11.5. The quantitative estimate of drug-likeness (QED) is 0.168. The monoisotopic (exact) mass is 541 g/mol. The molecule has 4 rings (SSSR count). The number of carbonyl (C=O) groups is 2. The normalized spacial score (nSPS) is 11.3. The van der Waals surface area contributed by atoms with Crippen LogP contribution in [-0.4, -0.2) is 30.8 Å². The maximum absolute atomic E-state index is 14.8. The number of hydrogen-bond donors (Lipinski definition) is 0. The number of benzene rings is 3. The third-order valence-corrected chi connectivity index (χ3v) is 5.95. The van der Waals surface area contributed by atoms with Gasteiger partial charge >= 0.3 is 6.18 Å². The van der Waals surface area contributed by atoms with Crippen LogP contribution in [0, 0.1) is 5.82 Å². The van der Waals surface area contributed by atoms with Gasteiger partial charge in [-0.2, -0.15) is 13.2 Å². The van der Waals surface area contributed by atoms with E-state index in [9.17, 15) is 27.2 Å². The van der Waals surface area contributed by atoms with E-state index in [2.05, 4.69) is 4.98 Å². The van der Waals surface area contributed by atoms with Gasteiger partial charge in [-0.1, -0.05) is 24.3 Å². The van der Waals surface area contributed by atoms with Gasteiger partial charge in [-0.15, -0.1) is 0 Å². The summed E-state index contributed by atoms with van der Waals surface area (Å²) in [5.41, 5.74) is -0.542. The Labute approximate surface area is 221 Å². The highest BCUT2D eigenvalue weighted by molar-refractivity contribution is 6.00. The van der Waals surface area contributed by atoms with Gasteiger partial charge in [0.25, 0.3) is 0 Å². The van der Waals surface area contributed by atoms with Gasteiger partial charge in [0.1, 0.15) is 28.9 Å². The highest BCUT2D eigenvalue weighted by Gasteiger charge is 2.33. The summed E-state index contributed by atoms with van der Waals surface area (Å²) in [6.07, 6.45) is -4.65. The predicted molar refractivity (Wildman–Crippen MR) is 135 cm³/mol. The summed E-state index contributed by atoms with van der Waals surface area (Å²) in [7, 11) is 2.99. The Bertz CT molecular complexity index is 1530. The molecule has 202 valence electrons. The molecule has 1 aromatic heterocycles. The summed E-state index contributed by atoms with van der Waals surface area (Å²) in [5.74, 6) is -0.544. The predicted octanol–water partition coefficient (Wildman–Crippen LogP) is 6.52. The molecule has 3 aromatic carbocycles. The van der Waals surface area contributed by atoms with Crippen LogP contribution in [0.3, 0.4) is 0 Å². The minimum absolute atomic E-state index is 0.0295. The summed E-state index contributed by atoms with van der Waals surface area (Å²) in [6, 6.07) is 13.6. The molecular weight excluding hydrogens is 518 g/mol. The second-order valence-corrected chi connectivity index (χ2v) is 8.65.